The zero-order valence-electron chi connectivity index (χ0n) is 20.3. The largest absolute Gasteiger partial charge is 0.497 e. The topological polar surface area (TPSA) is 71.4 Å². The van der Waals surface area contributed by atoms with E-state index in [1.807, 2.05) is 17.5 Å². The van der Waals surface area contributed by atoms with E-state index in [1.54, 1.807) is 25.3 Å². The van der Waals surface area contributed by atoms with E-state index >= 15 is 0 Å². The summed E-state index contributed by atoms with van der Waals surface area (Å²) >= 11 is 1.50. The minimum Gasteiger partial charge on any atom is -0.497 e. The molecule has 1 atom stereocenters. The number of amides is 2. The number of carbonyl (C=O) groups is 2. The fourth-order valence-electron chi connectivity index (χ4n) is 4.04. The molecule has 2 heterocycles. The van der Waals surface area contributed by atoms with E-state index in [-0.39, 0.29) is 12.1 Å². The van der Waals surface area contributed by atoms with Crippen molar-refractivity contribution >= 4 is 28.9 Å². The summed E-state index contributed by atoms with van der Waals surface area (Å²) in [5.41, 5.74) is 0.598. The van der Waals surface area contributed by atoms with Crippen molar-refractivity contribution in [1.29, 1.82) is 0 Å². The Bertz CT molecular complexity index is 1310. The summed E-state index contributed by atoms with van der Waals surface area (Å²) in [6.45, 7) is -0.330. The molecule has 0 spiro atoms. The molecule has 0 aliphatic carbocycles. The minimum absolute atomic E-state index is 0.0403. The first-order chi connectivity index (χ1) is 17.6. The van der Waals surface area contributed by atoms with Gasteiger partial charge >= 0.3 is 6.18 Å². The van der Waals surface area contributed by atoms with Gasteiger partial charge in [-0.2, -0.15) is 18.3 Å². The van der Waals surface area contributed by atoms with Crippen LogP contribution in [0.5, 0.6) is 11.5 Å². The summed E-state index contributed by atoms with van der Waals surface area (Å²) < 4.78 is 49.5. The molecule has 1 aliphatic heterocycles. The highest BCUT2D eigenvalue weighted by atomic mass is 32.1. The summed E-state index contributed by atoms with van der Waals surface area (Å²) in [5, 5.41) is 7.85. The van der Waals surface area contributed by atoms with Crippen LogP contribution in [0.1, 0.15) is 38.8 Å². The molecule has 0 bridgehead atoms. The van der Waals surface area contributed by atoms with Gasteiger partial charge < -0.3 is 14.4 Å². The highest BCUT2D eigenvalue weighted by molar-refractivity contribution is 7.12. The summed E-state index contributed by atoms with van der Waals surface area (Å²) in [5.74, 6) is 0.103. The maximum atomic E-state index is 13.4. The van der Waals surface area contributed by atoms with Crippen molar-refractivity contribution in [2.45, 2.75) is 18.6 Å². The Morgan fingerprint density at radius 2 is 1.84 bits per heavy atom. The molecule has 0 saturated heterocycles. The number of ether oxygens (including phenoxy) is 2. The maximum absolute atomic E-state index is 13.4. The molecule has 0 unspecified atom stereocenters. The molecule has 4 rings (SSSR count). The smallest absolute Gasteiger partial charge is 0.416 e. The van der Waals surface area contributed by atoms with Crippen LogP contribution in [0.25, 0.3) is 0 Å². The zero-order chi connectivity index (χ0) is 26.7. The molecule has 0 N–H and O–H groups in total. The van der Waals surface area contributed by atoms with E-state index in [2.05, 4.69) is 5.10 Å². The van der Waals surface area contributed by atoms with Crippen molar-refractivity contribution < 1.29 is 32.2 Å². The summed E-state index contributed by atoms with van der Waals surface area (Å²) in [7, 11) is 4.49. The Morgan fingerprint density at radius 1 is 1.11 bits per heavy atom. The average molecular weight is 532 g/mol. The lowest BCUT2D eigenvalue weighted by atomic mass is 9.99. The van der Waals surface area contributed by atoms with Gasteiger partial charge in [0.2, 0.25) is 0 Å². The molecule has 7 nitrogen and oxygen atoms in total. The number of thiophene rings is 1. The fourth-order valence-corrected chi connectivity index (χ4v) is 4.76. The lowest BCUT2D eigenvalue weighted by Gasteiger charge is -2.26. The predicted octanol–water partition coefficient (Wildman–Crippen LogP) is 5.23. The molecule has 0 radical (unpaired) electrons. The van der Waals surface area contributed by atoms with Gasteiger partial charge in [0.1, 0.15) is 18.0 Å². The third-order valence-electron chi connectivity index (χ3n) is 5.95. The Hall–Kier alpha value is -3.86. The van der Waals surface area contributed by atoms with Crippen molar-refractivity contribution in [2.24, 2.45) is 5.10 Å². The van der Waals surface area contributed by atoms with Gasteiger partial charge in [0.25, 0.3) is 11.8 Å². The zero-order valence-corrected chi connectivity index (χ0v) is 21.1. The normalized spacial score (nSPS) is 15.4. The first kappa shape index (κ1) is 26.2. The molecule has 1 aliphatic rings. The summed E-state index contributed by atoms with van der Waals surface area (Å²) in [6.07, 6.45) is -4.08. The van der Waals surface area contributed by atoms with Crippen LogP contribution in [0, 0.1) is 0 Å². The van der Waals surface area contributed by atoms with E-state index in [1.165, 1.54) is 30.5 Å². The van der Waals surface area contributed by atoms with Crippen molar-refractivity contribution in [3.63, 3.8) is 0 Å². The van der Waals surface area contributed by atoms with Gasteiger partial charge in [0, 0.05) is 24.6 Å². The van der Waals surface area contributed by atoms with Crippen LogP contribution in [0.3, 0.4) is 0 Å². The van der Waals surface area contributed by atoms with Gasteiger partial charge in [-0.25, -0.2) is 5.01 Å². The molecule has 0 saturated carbocycles. The fraction of sp³-hybridized carbons (Fsp3) is 0.269. The van der Waals surface area contributed by atoms with Crippen LogP contribution < -0.4 is 9.47 Å². The second-order valence-electron chi connectivity index (χ2n) is 8.33. The van der Waals surface area contributed by atoms with Crippen LogP contribution >= 0.6 is 11.3 Å². The molecular weight excluding hydrogens is 507 g/mol. The molecule has 0 fully saturated rings. The SMILES string of the molecule is COc1ccc(OC)c([C@H]2CC(c3cccs3)=NN2C(=O)CN(C)C(=O)c2ccc(C(F)(F)F)cc2)c1. The van der Waals surface area contributed by atoms with Gasteiger partial charge in [-0.05, 0) is 53.9 Å². The van der Waals surface area contributed by atoms with E-state index in [0.717, 1.165) is 39.8 Å². The molecule has 2 amide bonds. The number of hydrazone groups is 1. The summed E-state index contributed by atoms with van der Waals surface area (Å²) in [4.78, 5) is 28.4. The van der Waals surface area contributed by atoms with E-state index in [4.69, 9.17) is 9.47 Å². The second-order valence-corrected chi connectivity index (χ2v) is 9.27. The number of alkyl halides is 3. The van der Waals surface area contributed by atoms with Crippen molar-refractivity contribution in [2.75, 3.05) is 27.8 Å². The molecule has 37 heavy (non-hydrogen) atoms. The number of benzene rings is 2. The number of halogens is 3. The number of methoxy groups -OCH3 is 2. The van der Waals surface area contributed by atoms with Crippen molar-refractivity contribution in [1.82, 2.24) is 9.91 Å². The highest BCUT2D eigenvalue weighted by Gasteiger charge is 2.36. The van der Waals surface area contributed by atoms with Crippen LogP contribution in [0.4, 0.5) is 13.2 Å². The third-order valence-corrected chi connectivity index (χ3v) is 6.86. The van der Waals surface area contributed by atoms with Crippen LogP contribution in [0.2, 0.25) is 0 Å². The Kier molecular flexibility index (Phi) is 7.53. The number of hydrogen-bond acceptors (Lipinski definition) is 6. The molecule has 3 aromatic rings. The Balaban J connectivity index is 1.59. The molecule has 11 heteroatoms. The van der Waals surface area contributed by atoms with E-state index in [9.17, 15) is 22.8 Å². The Labute approximate surface area is 215 Å². The van der Waals surface area contributed by atoms with Crippen LogP contribution in [-0.4, -0.2) is 55.2 Å². The van der Waals surface area contributed by atoms with Gasteiger partial charge in [-0.1, -0.05) is 6.07 Å². The van der Waals surface area contributed by atoms with Gasteiger partial charge in [-0.15, -0.1) is 11.3 Å². The van der Waals surface area contributed by atoms with Crippen LogP contribution in [0.15, 0.2) is 65.1 Å². The van der Waals surface area contributed by atoms with Crippen molar-refractivity contribution in [3.05, 3.63) is 81.5 Å². The predicted molar refractivity (Wildman–Crippen MR) is 133 cm³/mol. The molecule has 1 aromatic heterocycles. The number of likely N-dealkylation sites (N-methyl/N-ethyl adjacent to an activating group) is 1. The lowest BCUT2D eigenvalue weighted by molar-refractivity contribution is -0.137. The third kappa shape index (κ3) is 5.61. The minimum atomic E-state index is -4.51. The second kappa shape index (κ2) is 10.6. The van der Waals surface area contributed by atoms with Crippen molar-refractivity contribution in [3.8, 4) is 11.5 Å². The first-order valence-electron chi connectivity index (χ1n) is 11.2. The van der Waals surface area contributed by atoms with E-state index in [0.29, 0.717) is 23.5 Å². The maximum Gasteiger partial charge on any atom is 0.416 e. The average Bonchev–Trinajstić information content (AvgIpc) is 3.58. The standard InChI is InChI=1S/C26H24F3N3O4S/c1-31(25(34)16-6-8-17(9-7-16)26(27,28)29)15-24(33)32-21(14-20(30-32)23-5-4-12-37-23)19-13-18(35-2)10-11-22(19)36-3/h4-13,21H,14-15H2,1-3H3/t21-/m1/s1. The first-order valence-corrected chi connectivity index (χ1v) is 12.1. The quantitative estimate of drug-likeness (QED) is 0.419. The number of nitrogens with zero attached hydrogens (tertiary/aromatic N) is 3. The number of rotatable bonds is 7. The molecule has 2 aromatic carbocycles. The highest BCUT2D eigenvalue weighted by Crippen LogP contribution is 2.40. The molecule has 194 valence electrons. The van der Waals surface area contributed by atoms with Gasteiger partial charge in [0.15, 0.2) is 0 Å². The Morgan fingerprint density at radius 3 is 2.43 bits per heavy atom. The van der Waals surface area contributed by atoms with E-state index < -0.39 is 29.6 Å². The molecular formula is C26H24F3N3O4S. The van der Waals surface area contributed by atoms with Gasteiger partial charge in [0.05, 0.1) is 36.4 Å². The number of carbonyl (C=O) groups excluding carboxylic acids is 2. The van der Waals surface area contributed by atoms with Gasteiger partial charge in [-0.3, -0.25) is 9.59 Å². The monoisotopic (exact) mass is 531 g/mol. The number of hydrogen-bond donors (Lipinski definition) is 0. The van der Waals surface area contributed by atoms with Crippen LogP contribution in [-0.2, 0) is 11.0 Å². The summed E-state index contributed by atoms with van der Waals surface area (Å²) in [6, 6.07) is 12.5. The lowest BCUT2D eigenvalue weighted by Crippen LogP contribution is -2.39.